The highest BCUT2D eigenvalue weighted by Crippen LogP contribution is 2.18. The topological polar surface area (TPSA) is 29.1 Å². The summed E-state index contributed by atoms with van der Waals surface area (Å²) in [7, 11) is 1.78. The smallest absolute Gasteiger partial charge is 0.153 e. The number of halogens is 1. The number of carbonyl (C=O) groups is 1. The minimum atomic E-state index is -0.123. The molecule has 1 N–H and O–H groups in total. The first-order chi connectivity index (χ1) is 7.04. The summed E-state index contributed by atoms with van der Waals surface area (Å²) < 4.78 is 0. The highest BCUT2D eigenvalue weighted by Gasteiger charge is 2.12. The van der Waals surface area contributed by atoms with Crippen molar-refractivity contribution in [3.63, 3.8) is 0 Å². The van der Waals surface area contributed by atoms with Crippen LogP contribution in [0.25, 0.3) is 0 Å². The van der Waals surface area contributed by atoms with Gasteiger partial charge in [0.25, 0.3) is 0 Å². The molecule has 0 amide bonds. The molecule has 0 radical (unpaired) electrons. The molecule has 1 rings (SSSR count). The van der Waals surface area contributed by atoms with Crippen LogP contribution in [0.3, 0.4) is 0 Å². The van der Waals surface area contributed by atoms with Crippen LogP contribution in [0.1, 0.15) is 18.1 Å². The molecule has 0 heterocycles. The highest BCUT2D eigenvalue weighted by molar-refractivity contribution is 6.31. The molecule has 1 aromatic rings. The van der Waals surface area contributed by atoms with E-state index >= 15 is 0 Å². The minimum absolute atomic E-state index is 0.123. The Hall–Kier alpha value is -0.860. The number of benzene rings is 1. The number of aryl methyl sites for hydroxylation is 1. The van der Waals surface area contributed by atoms with Gasteiger partial charge in [-0.3, -0.25) is 4.79 Å². The average Bonchev–Trinajstić information content (AvgIpc) is 2.20. The van der Waals surface area contributed by atoms with E-state index in [1.807, 2.05) is 32.0 Å². The van der Waals surface area contributed by atoms with Gasteiger partial charge in [-0.25, -0.2) is 0 Å². The van der Waals surface area contributed by atoms with E-state index in [0.29, 0.717) is 11.4 Å². The summed E-state index contributed by atoms with van der Waals surface area (Å²) in [6, 6.07) is 5.65. The van der Waals surface area contributed by atoms with Gasteiger partial charge in [-0.1, -0.05) is 23.7 Å². The predicted octanol–water partition coefficient (Wildman–Crippen LogP) is 2.37. The van der Waals surface area contributed by atoms with Crippen molar-refractivity contribution in [2.45, 2.75) is 26.3 Å². The van der Waals surface area contributed by atoms with Crippen molar-refractivity contribution in [3.05, 3.63) is 34.3 Å². The van der Waals surface area contributed by atoms with Crippen molar-refractivity contribution in [1.82, 2.24) is 5.32 Å². The lowest BCUT2D eigenvalue weighted by molar-refractivity contribution is -0.119. The zero-order valence-corrected chi connectivity index (χ0v) is 10.1. The van der Waals surface area contributed by atoms with Crippen LogP contribution in [-0.2, 0) is 11.2 Å². The largest absolute Gasteiger partial charge is 0.311 e. The molecule has 2 nitrogen and oxygen atoms in total. The fourth-order valence-corrected chi connectivity index (χ4v) is 1.60. The van der Waals surface area contributed by atoms with Crippen LogP contribution in [0.15, 0.2) is 18.2 Å². The van der Waals surface area contributed by atoms with Crippen LogP contribution in [0.4, 0.5) is 0 Å². The Morgan fingerprint density at radius 1 is 1.53 bits per heavy atom. The Labute approximate surface area is 95.6 Å². The number of hydrogen-bond acceptors (Lipinski definition) is 2. The Bertz CT molecular complexity index is 363. The Balaban J connectivity index is 2.77. The summed E-state index contributed by atoms with van der Waals surface area (Å²) in [6.45, 7) is 3.83. The van der Waals surface area contributed by atoms with Crippen molar-refractivity contribution < 1.29 is 4.79 Å². The summed E-state index contributed by atoms with van der Waals surface area (Å²) in [4.78, 5) is 11.7. The van der Waals surface area contributed by atoms with E-state index in [4.69, 9.17) is 11.6 Å². The van der Waals surface area contributed by atoms with Gasteiger partial charge in [0, 0.05) is 11.4 Å². The summed E-state index contributed by atoms with van der Waals surface area (Å²) >= 11 is 6.05. The highest BCUT2D eigenvalue weighted by atomic mass is 35.5. The molecule has 15 heavy (non-hydrogen) atoms. The third-order valence-corrected chi connectivity index (χ3v) is 2.84. The second-order valence-corrected chi connectivity index (χ2v) is 4.16. The summed E-state index contributed by atoms with van der Waals surface area (Å²) in [5.41, 5.74) is 2.01. The molecule has 1 atom stereocenters. The van der Waals surface area contributed by atoms with Crippen LogP contribution < -0.4 is 5.32 Å². The van der Waals surface area contributed by atoms with Gasteiger partial charge in [-0.15, -0.1) is 0 Å². The molecule has 0 saturated carbocycles. The molecule has 0 aromatic heterocycles. The number of hydrogen-bond donors (Lipinski definition) is 1. The molecule has 1 unspecified atom stereocenters. The number of Topliss-reactive ketones (excluding diaryl/α,β-unsaturated/α-hetero) is 1. The fourth-order valence-electron chi connectivity index (χ4n) is 1.30. The van der Waals surface area contributed by atoms with Gasteiger partial charge in [0.15, 0.2) is 5.78 Å². The maximum absolute atomic E-state index is 11.7. The first kappa shape index (κ1) is 12.2. The van der Waals surface area contributed by atoms with Crippen molar-refractivity contribution in [1.29, 1.82) is 0 Å². The number of carbonyl (C=O) groups excluding carboxylic acids is 1. The van der Waals surface area contributed by atoms with E-state index in [2.05, 4.69) is 5.32 Å². The van der Waals surface area contributed by atoms with Crippen LogP contribution in [0.5, 0.6) is 0 Å². The zero-order valence-electron chi connectivity index (χ0n) is 9.30. The van der Waals surface area contributed by atoms with Crippen LogP contribution in [0.2, 0.25) is 5.02 Å². The summed E-state index contributed by atoms with van der Waals surface area (Å²) in [5, 5.41) is 3.60. The molecule has 0 spiro atoms. The summed E-state index contributed by atoms with van der Waals surface area (Å²) in [6.07, 6.45) is 0.390. The summed E-state index contributed by atoms with van der Waals surface area (Å²) in [5.74, 6) is 0.156. The Morgan fingerprint density at radius 3 is 2.73 bits per heavy atom. The van der Waals surface area contributed by atoms with Gasteiger partial charge in [-0.05, 0) is 38.1 Å². The first-order valence-electron chi connectivity index (χ1n) is 4.99. The van der Waals surface area contributed by atoms with E-state index in [1.54, 1.807) is 7.05 Å². The lowest BCUT2D eigenvalue weighted by atomic mass is 10.0. The minimum Gasteiger partial charge on any atom is -0.311 e. The van der Waals surface area contributed by atoms with Gasteiger partial charge in [0.1, 0.15) is 0 Å². The molecular weight excluding hydrogens is 210 g/mol. The quantitative estimate of drug-likeness (QED) is 0.853. The van der Waals surface area contributed by atoms with Crippen molar-refractivity contribution in [2.75, 3.05) is 7.05 Å². The molecule has 0 bridgehead atoms. The molecule has 3 heteroatoms. The van der Waals surface area contributed by atoms with Crippen molar-refractivity contribution in [3.8, 4) is 0 Å². The van der Waals surface area contributed by atoms with Gasteiger partial charge >= 0.3 is 0 Å². The monoisotopic (exact) mass is 225 g/mol. The SMILES string of the molecule is CNC(C)C(=O)Cc1ccc(C)cc1Cl. The number of rotatable bonds is 4. The Kier molecular flexibility index (Phi) is 4.30. The maximum Gasteiger partial charge on any atom is 0.153 e. The number of nitrogens with one attached hydrogen (secondary N) is 1. The normalized spacial score (nSPS) is 12.5. The van der Waals surface area contributed by atoms with Crippen molar-refractivity contribution >= 4 is 17.4 Å². The first-order valence-corrected chi connectivity index (χ1v) is 5.37. The molecule has 82 valence electrons. The molecule has 0 aliphatic heterocycles. The number of ketones is 1. The zero-order chi connectivity index (χ0) is 11.4. The van der Waals surface area contributed by atoms with E-state index in [9.17, 15) is 4.79 Å². The van der Waals surface area contributed by atoms with Crippen LogP contribution in [-0.4, -0.2) is 18.9 Å². The van der Waals surface area contributed by atoms with Gasteiger partial charge in [-0.2, -0.15) is 0 Å². The fraction of sp³-hybridized carbons (Fsp3) is 0.417. The van der Waals surface area contributed by atoms with Gasteiger partial charge < -0.3 is 5.32 Å². The molecular formula is C12H16ClNO. The molecule has 0 aliphatic rings. The molecule has 0 fully saturated rings. The lowest BCUT2D eigenvalue weighted by Crippen LogP contribution is -2.31. The third kappa shape index (κ3) is 3.33. The van der Waals surface area contributed by atoms with Crippen molar-refractivity contribution in [2.24, 2.45) is 0 Å². The number of likely N-dealkylation sites (N-methyl/N-ethyl adjacent to an activating group) is 1. The Morgan fingerprint density at radius 2 is 2.20 bits per heavy atom. The average molecular weight is 226 g/mol. The molecule has 0 saturated heterocycles. The molecule has 0 aliphatic carbocycles. The second kappa shape index (κ2) is 5.29. The van der Waals surface area contributed by atoms with E-state index < -0.39 is 0 Å². The lowest BCUT2D eigenvalue weighted by Gasteiger charge is -2.10. The second-order valence-electron chi connectivity index (χ2n) is 3.75. The predicted molar refractivity (Wildman–Crippen MR) is 63.4 cm³/mol. The van der Waals surface area contributed by atoms with E-state index in [0.717, 1.165) is 11.1 Å². The maximum atomic E-state index is 11.7. The van der Waals surface area contributed by atoms with E-state index in [-0.39, 0.29) is 11.8 Å². The van der Waals surface area contributed by atoms with Gasteiger partial charge in [0.05, 0.1) is 6.04 Å². The third-order valence-electron chi connectivity index (χ3n) is 2.49. The van der Waals surface area contributed by atoms with Crippen LogP contribution in [0, 0.1) is 6.92 Å². The van der Waals surface area contributed by atoms with Crippen LogP contribution >= 0.6 is 11.6 Å². The van der Waals surface area contributed by atoms with E-state index in [1.165, 1.54) is 0 Å². The molecule has 1 aromatic carbocycles. The van der Waals surface area contributed by atoms with Gasteiger partial charge in [0.2, 0.25) is 0 Å². The standard InChI is InChI=1S/C12H16ClNO/c1-8-4-5-10(11(13)6-8)7-12(15)9(2)14-3/h4-6,9,14H,7H2,1-3H3.